The van der Waals surface area contributed by atoms with Gasteiger partial charge in [-0.15, -0.1) is 0 Å². The van der Waals surface area contributed by atoms with Gasteiger partial charge in [0, 0.05) is 25.7 Å². The molecule has 2 fully saturated rings. The predicted molar refractivity (Wildman–Crippen MR) is 83.7 cm³/mol. The van der Waals surface area contributed by atoms with Crippen molar-refractivity contribution in [2.45, 2.75) is 43.0 Å². The van der Waals surface area contributed by atoms with Gasteiger partial charge in [0.1, 0.15) is 22.6 Å². The molecule has 0 radical (unpaired) electrons. The van der Waals surface area contributed by atoms with E-state index in [1.54, 1.807) is 4.90 Å². The number of benzene rings is 1. The minimum Gasteiger partial charge on any atom is -0.341 e. The van der Waals surface area contributed by atoms with Gasteiger partial charge in [0.25, 0.3) is 0 Å². The number of likely N-dealkylation sites (tertiary alicyclic amines) is 1. The van der Waals surface area contributed by atoms with Crippen molar-refractivity contribution in [3.8, 4) is 0 Å². The molecule has 0 aliphatic carbocycles. The van der Waals surface area contributed by atoms with Crippen LogP contribution < -0.4 is 0 Å². The molecule has 2 aliphatic rings. The maximum Gasteiger partial charge on any atom is 0.246 e. The summed E-state index contributed by atoms with van der Waals surface area (Å²) in [5.41, 5.74) is 0. The molecular weight excluding hydrogens is 338 g/mol. The van der Waals surface area contributed by atoms with Crippen molar-refractivity contribution in [2.75, 3.05) is 19.6 Å². The van der Waals surface area contributed by atoms with E-state index in [1.807, 2.05) is 0 Å². The van der Waals surface area contributed by atoms with Crippen molar-refractivity contribution >= 4 is 15.9 Å². The van der Waals surface area contributed by atoms with Gasteiger partial charge in [0.15, 0.2) is 0 Å². The maximum absolute atomic E-state index is 14.0. The number of piperidine rings is 1. The van der Waals surface area contributed by atoms with E-state index in [9.17, 15) is 22.0 Å². The molecule has 0 saturated carbocycles. The Morgan fingerprint density at radius 3 is 2.38 bits per heavy atom. The largest absolute Gasteiger partial charge is 0.341 e. The minimum absolute atomic E-state index is 0.170. The zero-order chi connectivity index (χ0) is 17.3. The summed E-state index contributed by atoms with van der Waals surface area (Å²) in [5.74, 6) is -2.18. The number of rotatable bonds is 3. The summed E-state index contributed by atoms with van der Waals surface area (Å²) in [5, 5.41) is 0. The van der Waals surface area contributed by atoms with E-state index in [0.29, 0.717) is 32.0 Å². The standard InChI is InChI=1S/C16H20F2N2O3S/c17-12-6-7-15(13(18)11-12)24(22,23)20-10-2-1-5-14(20)16(21)19-8-3-4-9-19/h6-7,11,14H,1-5,8-10H2. The fourth-order valence-corrected chi connectivity index (χ4v) is 5.10. The average molecular weight is 358 g/mol. The first kappa shape index (κ1) is 17.3. The van der Waals surface area contributed by atoms with Crippen molar-refractivity contribution in [2.24, 2.45) is 0 Å². The van der Waals surface area contributed by atoms with Gasteiger partial charge in [0.2, 0.25) is 15.9 Å². The quantitative estimate of drug-likeness (QED) is 0.832. The molecule has 1 atom stereocenters. The van der Waals surface area contributed by atoms with Crippen LogP contribution in [0.25, 0.3) is 0 Å². The Morgan fingerprint density at radius 1 is 1.04 bits per heavy atom. The summed E-state index contributed by atoms with van der Waals surface area (Å²) in [6.45, 7) is 1.44. The molecule has 2 heterocycles. The number of amides is 1. The molecule has 3 rings (SSSR count). The fourth-order valence-electron chi connectivity index (χ4n) is 3.40. The monoisotopic (exact) mass is 358 g/mol. The molecule has 0 N–H and O–H groups in total. The Labute approximate surface area is 140 Å². The molecule has 1 unspecified atom stereocenters. The van der Waals surface area contributed by atoms with E-state index in [0.717, 1.165) is 35.7 Å². The molecule has 1 aromatic rings. The van der Waals surface area contributed by atoms with Gasteiger partial charge in [-0.25, -0.2) is 17.2 Å². The molecule has 2 aliphatic heterocycles. The molecule has 8 heteroatoms. The van der Waals surface area contributed by atoms with Crippen molar-refractivity contribution < 1.29 is 22.0 Å². The third-order valence-corrected chi connectivity index (χ3v) is 6.58. The van der Waals surface area contributed by atoms with Crippen LogP contribution in [-0.2, 0) is 14.8 Å². The zero-order valence-corrected chi connectivity index (χ0v) is 14.1. The van der Waals surface area contributed by atoms with Crippen LogP contribution in [0.2, 0.25) is 0 Å². The van der Waals surface area contributed by atoms with E-state index in [-0.39, 0.29) is 12.5 Å². The molecule has 0 bridgehead atoms. The summed E-state index contributed by atoms with van der Waals surface area (Å²) >= 11 is 0. The SMILES string of the molecule is O=C(C1CCCCN1S(=O)(=O)c1ccc(F)cc1F)N1CCCC1. The lowest BCUT2D eigenvalue weighted by Crippen LogP contribution is -2.52. The van der Waals surface area contributed by atoms with Crippen LogP contribution >= 0.6 is 0 Å². The second-order valence-electron chi connectivity index (χ2n) is 6.23. The van der Waals surface area contributed by atoms with Gasteiger partial charge >= 0.3 is 0 Å². The third-order valence-electron chi connectivity index (χ3n) is 4.64. The second kappa shape index (κ2) is 6.76. The van der Waals surface area contributed by atoms with Gasteiger partial charge in [0.05, 0.1) is 0 Å². The lowest BCUT2D eigenvalue weighted by Gasteiger charge is -2.35. The van der Waals surface area contributed by atoms with E-state index in [2.05, 4.69) is 0 Å². The van der Waals surface area contributed by atoms with Crippen LogP contribution in [0.4, 0.5) is 8.78 Å². The molecule has 132 valence electrons. The number of carbonyl (C=O) groups excluding carboxylic acids is 1. The molecule has 24 heavy (non-hydrogen) atoms. The van der Waals surface area contributed by atoms with E-state index >= 15 is 0 Å². The lowest BCUT2D eigenvalue weighted by atomic mass is 10.0. The van der Waals surface area contributed by atoms with Gasteiger partial charge in [-0.05, 0) is 37.8 Å². The highest BCUT2D eigenvalue weighted by atomic mass is 32.2. The van der Waals surface area contributed by atoms with Crippen LogP contribution in [0.3, 0.4) is 0 Å². The average Bonchev–Trinajstić information content (AvgIpc) is 3.08. The first-order valence-corrected chi connectivity index (χ1v) is 9.61. The first-order valence-electron chi connectivity index (χ1n) is 8.17. The van der Waals surface area contributed by atoms with Crippen LogP contribution in [0, 0.1) is 11.6 Å². The van der Waals surface area contributed by atoms with Crippen molar-refractivity contribution in [1.82, 2.24) is 9.21 Å². The molecule has 5 nitrogen and oxygen atoms in total. The minimum atomic E-state index is -4.19. The predicted octanol–water partition coefficient (Wildman–Crippen LogP) is 2.13. The van der Waals surface area contributed by atoms with Crippen LogP contribution in [0.15, 0.2) is 23.1 Å². The van der Waals surface area contributed by atoms with E-state index < -0.39 is 32.6 Å². The number of hydrogen-bond donors (Lipinski definition) is 0. The van der Waals surface area contributed by atoms with Gasteiger partial charge in [-0.2, -0.15) is 4.31 Å². The Bertz CT molecular complexity index is 733. The molecule has 0 aromatic heterocycles. The Kier molecular flexibility index (Phi) is 4.87. The van der Waals surface area contributed by atoms with Gasteiger partial charge in [-0.1, -0.05) is 6.42 Å². The van der Waals surface area contributed by atoms with Gasteiger partial charge < -0.3 is 4.90 Å². The molecular formula is C16H20F2N2O3S. The maximum atomic E-state index is 14.0. The van der Waals surface area contributed by atoms with Crippen molar-refractivity contribution in [1.29, 1.82) is 0 Å². The van der Waals surface area contributed by atoms with Gasteiger partial charge in [-0.3, -0.25) is 4.79 Å². The number of nitrogens with zero attached hydrogens (tertiary/aromatic N) is 2. The molecule has 1 aromatic carbocycles. The molecule has 0 spiro atoms. The Balaban J connectivity index is 1.92. The fraction of sp³-hybridized carbons (Fsp3) is 0.562. The zero-order valence-electron chi connectivity index (χ0n) is 13.2. The number of sulfonamides is 1. The third kappa shape index (κ3) is 3.17. The highest BCUT2D eigenvalue weighted by Gasteiger charge is 2.40. The lowest BCUT2D eigenvalue weighted by molar-refractivity contribution is -0.135. The molecule has 2 saturated heterocycles. The summed E-state index contributed by atoms with van der Waals surface area (Å²) < 4.78 is 53.8. The topological polar surface area (TPSA) is 57.7 Å². The second-order valence-corrected chi connectivity index (χ2v) is 8.09. The normalized spacial score (nSPS) is 22.8. The van der Waals surface area contributed by atoms with E-state index in [4.69, 9.17) is 0 Å². The number of halogens is 2. The first-order chi connectivity index (χ1) is 11.4. The smallest absolute Gasteiger partial charge is 0.246 e. The summed E-state index contributed by atoms with van der Waals surface area (Å²) in [6, 6.07) is 1.59. The van der Waals surface area contributed by atoms with Crippen LogP contribution in [-0.4, -0.2) is 49.2 Å². The highest BCUT2D eigenvalue weighted by Crippen LogP contribution is 2.29. The Hall–Kier alpha value is -1.54. The van der Waals surface area contributed by atoms with Crippen molar-refractivity contribution in [3.63, 3.8) is 0 Å². The summed E-state index contributed by atoms with van der Waals surface area (Å²) in [7, 11) is -4.19. The van der Waals surface area contributed by atoms with Crippen molar-refractivity contribution in [3.05, 3.63) is 29.8 Å². The van der Waals surface area contributed by atoms with Crippen LogP contribution in [0.5, 0.6) is 0 Å². The summed E-state index contributed by atoms with van der Waals surface area (Å²) in [4.78, 5) is 13.8. The molecule has 1 amide bonds. The Morgan fingerprint density at radius 2 is 1.71 bits per heavy atom. The highest BCUT2D eigenvalue weighted by molar-refractivity contribution is 7.89. The van der Waals surface area contributed by atoms with E-state index in [1.165, 1.54) is 0 Å². The number of carbonyl (C=O) groups is 1. The van der Waals surface area contributed by atoms with Crippen LogP contribution in [0.1, 0.15) is 32.1 Å². The number of hydrogen-bond acceptors (Lipinski definition) is 3. The summed E-state index contributed by atoms with van der Waals surface area (Å²) in [6.07, 6.45) is 3.63.